The van der Waals surface area contributed by atoms with Crippen molar-refractivity contribution in [2.75, 3.05) is 13.7 Å². The van der Waals surface area contributed by atoms with E-state index in [9.17, 15) is 4.79 Å². The van der Waals surface area contributed by atoms with Crippen LogP contribution in [0.2, 0.25) is 0 Å². The van der Waals surface area contributed by atoms with Crippen LogP contribution in [0.3, 0.4) is 0 Å². The van der Waals surface area contributed by atoms with Gasteiger partial charge in [-0.25, -0.2) is 0 Å². The van der Waals surface area contributed by atoms with Crippen molar-refractivity contribution in [3.8, 4) is 5.75 Å². The van der Waals surface area contributed by atoms with Gasteiger partial charge in [0.25, 0.3) is 5.91 Å². The molecule has 124 valence electrons. The third-order valence-corrected chi connectivity index (χ3v) is 5.20. The van der Waals surface area contributed by atoms with Gasteiger partial charge in [0.2, 0.25) is 0 Å². The molecule has 2 aliphatic heterocycles. The van der Waals surface area contributed by atoms with Crippen molar-refractivity contribution in [3.63, 3.8) is 0 Å². The second kappa shape index (κ2) is 5.25. The van der Waals surface area contributed by atoms with Crippen LogP contribution in [0, 0.1) is 0 Å². The topological polar surface area (TPSA) is 48.0 Å². The van der Waals surface area contributed by atoms with E-state index in [2.05, 4.69) is 0 Å². The van der Waals surface area contributed by atoms with E-state index in [1.165, 1.54) is 0 Å². The number of carbonyl (C=O) groups is 1. The Hall–Kier alpha value is -1.53. The Balaban J connectivity index is 2.00. The van der Waals surface area contributed by atoms with Gasteiger partial charge >= 0.3 is 7.12 Å². The molecule has 2 heterocycles. The predicted molar refractivity (Wildman–Crippen MR) is 89.1 cm³/mol. The Kier molecular flexibility index (Phi) is 3.73. The molecule has 6 heteroatoms. The normalized spacial score (nSPS) is 21.7. The van der Waals surface area contributed by atoms with Gasteiger partial charge in [-0.1, -0.05) is 6.07 Å². The molecule has 23 heavy (non-hydrogen) atoms. The fraction of sp³-hybridized carbons (Fsp3) is 0.588. The number of nitrogens with zero attached hydrogens (tertiary/aromatic N) is 1. The molecule has 0 aliphatic carbocycles. The van der Waals surface area contributed by atoms with Crippen LogP contribution in [0.4, 0.5) is 0 Å². The van der Waals surface area contributed by atoms with E-state index in [1.807, 2.05) is 46.8 Å². The van der Waals surface area contributed by atoms with Crippen LogP contribution in [0.15, 0.2) is 12.1 Å². The lowest BCUT2D eigenvalue weighted by Crippen LogP contribution is -2.41. The first-order chi connectivity index (χ1) is 10.7. The number of fused-ring (bicyclic) bond motifs is 1. The molecule has 1 amide bonds. The van der Waals surface area contributed by atoms with Gasteiger partial charge in [-0.3, -0.25) is 4.79 Å². The van der Waals surface area contributed by atoms with Gasteiger partial charge in [0.15, 0.2) is 0 Å². The Bertz CT molecular complexity index is 640. The van der Waals surface area contributed by atoms with Gasteiger partial charge in [-0.05, 0) is 51.7 Å². The number of amides is 1. The Morgan fingerprint density at radius 2 is 1.83 bits per heavy atom. The van der Waals surface area contributed by atoms with Crippen LogP contribution in [-0.2, 0) is 15.9 Å². The summed E-state index contributed by atoms with van der Waals surface area (Å²) in [5.41, 5.74) is 1.74. The molecule has 0 atom stereocenters. The molecule has 2 aliphatic rings. The van der Waals surface area contributed by atoms with Crippen molar-refractivity contribution in [2.24, 2.45) is 0 Å². The minimum absolute atomic E-state index is 0.0276. The molecule has 5 nitrogen and oxygen atoms in total. The third kappa shape index (κ3) is 2.44. The SMILES string of the molecule is CCN1Cc2cc(B3OC(C)(C)C(C)(C)O3)cc(OC)c2C1=O. The maximum atomic E-state index is 12.4. The zero-order chi connectivity index (χ0) is 17.0. The predicted octanol–water partition coefficient (Wildman–Crippen LogP) is 1.97. The van der Waals surface area contributed by atoms with E-state index in [1.54, 1.807) is 12.0 Å². The van der Waals surface area contributed by atoms with Crippen LogP contribution in [0.25, 0.3) is 0 Å². The zero-order valence-corrected chi connectivity index (χ0v) is 14.7. The van der Waals surface area contributed by atoms with Gasteiger partial charge in [-0.15, -0.1) is 0 Å². The molecule has 0 radical (unpaired) electrons. The van der Waals surface area contributed by atoms with Gasteiger partial charge < -0.3 is 18.9 Å². The van der Waals surface area contributed by atoms with Crippen molar-refractivity contribution in [1.29, 1.82) is 0 Å². The Morgan fingerprint density at radius 1 is 1.22 bits per heavy atom. The summed E-state index contributed by atoms with van der Waals surface area (Å²) >= 11 is 0. The number of benzene rings is 1. The second-order valence-corrected chi connectivity index (χ2v) is 7.16. The number of ether oxygens (including phenoxy) is 1. The van der Waals surface area contributed by atoms with Crippen molar-refractivity contribution in [3.05, 3.63) is 23.3 Å². The number of hydrogen-bond donors (Lipinski definition) is 0. The lowest BCUT2D eigenvalue weighted by Gasteiger charge is -2.32. The molecule has 0 unspecified atom stereocenters. The van der Waals surface area contributed by atoms with Gasteiger partial charge in [0, 0.05) is 13.1 Å². The highest BCUT2D eigenvalue weighted by atomic mass is 16.7. The van der Waals surface area contributed by atoms with E-state index in [0.717, 1.165) is 11.0 Å². The first-order valence-corrected chi connectivity index (χ1v) is 8.06. The summed E-state index contributed by atoms with van der Waals surface area (Å²) in [6.45, 7) is 11.4. The third-order valence-electron chi connectivity index (χ3n) is 5.20. The summed E-state index contributed by atoms with van der Waals surface area (Å²) in [5.74, 6) is 0.619. The molecule has 0 N–H and O–H groups in total. The summed E-state index contributed by atoms with van der Waals surface area (Å²) in [6.07, 6.45) is 0. The van der Waals surface area contributed by atoms with Crippen molar-refractivity contribution >= 4 is 18.5 Å². The first kappa shape index (κ1) is 16.3. The minimum Gasteiger partial charge on any atom is -0.496 e. The standard InChI is InChI=1S/C17H24BNO4/c1-7-19-10-11-8-12(9-13(21-6)14(11)15(19)20)18-22-16(2,3)17(4,5)23-18/h8-9H,7,10H2,1-6H3. The molecule has 1 fully saturated rings. The second-order valence-electron chi connectivity index (χ2n) is 7.16. The molecule has 1 aromatic rings. The van der Waals surface area contributed by atoms with Crippen molar-refractivity contribution in [1.82, 2.24) is 4.90 Å². The molecular weight excluding hydrogens is 293 g/mol. The van der Waals surface area contributed by atoms with E-state index in [-0.39, 0.29) is 5.91 Å². The lowest BCUT2D eigenvalue weighted by atomic mass is 9.77. The summed E-state index contributed by atoms with van der Waals surface area (Å²) in [6, 6.07) is 3.87. The molecule has 0 aromatic heterocycles. The highest BCUT2D eigenvalue weighted by molar-refractivity contribution is 6.62. The van der Waals surface area contributed by atoms with Crippen LogP contribution in [0.1, 0.15) is 50.5 Å². The maximum Gasteiger partial charge on any atom is 0.494 e. The number of methoxy groups -OCH3 is 1. The first-order valence-electron chi connectivity index (χ1n) is 8.06. The highest BCUT2D eigenvalue weighted by Crippen LogP contribution is 2.37. The largest absolute Gasteiger partial charge is 0.496 e. The highest BCUT2D eigenvalue weighted by Gasteiger charge is 2.52. The number of carbonyl (C=O) groups excluding carboxylic acids is 1. The quantitative estimate of drug-likeness (QED) is 0.800. The molecular formula is C17H24BNO4. The van der Waals surface area contributed by atoms with Crippen molar-refractivity contribution in [2.45, 2.75) is 52.4 Å². The summed E-state index contributed by atoms with van der Waals surface area (Å²) in [7, 11) is 1.14. The van der Waals surface area contributed by atoms with Crippen LogP contribution >= 0.6 is 0 Å². The van der Waals surface area contributed by atoms with E-state index in [0.29, 0.717) is 24.4 Å². The monoisotopic (exact) mass is 317 g/mol. The lowest BCUT2D eigenvalue weighted by molar-refractivity contribution is 0.00578. The fourth-order valence-corrected chi connectivity index (χ4v) is 3.03. The fourth-order valence-electron chi connectivity index (χ4n) is 3.03. The summed E-state index contributed by atoms with van der Waals surface area (Å²) in [4.78, 5) is 14.2. The zero-order valence-electron chi connectivity index (χ0n) is 14.7. The average molecular weight is 317 g/mol. The molecule has 1 saturated heterocycles. The number of hydrogen-bond acceptors (Lipinski definition) is 4. The van der Waals surface area contributed by atoms with Crippen molar-refractivity contribution < 1.29 is 18.8 Å². The summed E-state index contributed by atoms with van der Waals surface area (Å²) in [5, 5.41) is 0. The summed E-state index contributed by atoms with van der Waals surface area (Å²) < 4.78 is 17.7. The van der Waals surface area contributed by atoms with E-state index < -0.39 is 18.3 Å². The Morgan fingerprint density at radius 3 is 2.35 bits per heavy atom. The smallest absolute Gasteiger partial charge is 0.494 e. The van der Waals surface area contributed by atoms with E-state index >= 15 is 0 Å². The van der Waals surface area contributed by atoms with Crippen LogP contribution < -0.4 is 10.2 Å². The number of rotatable bonds is 3. The molecule has 3 rings (SSSR count). The van der Waals surface area contributed by atoms with Gasteiger partial charge in [0.1, 0.15) is 5.75 Å². The Labute approximate surface area is 138 Å². The van der Waals surface area contributed by atoms with Crippen LogP contribution in [-0.4, -0.2) is 42.8 Å². The van der Waals surface area contributed by atoms with Crippen LogP contribution in [0.5, 0.6) is 5.75 Å². The molecule has 0 saturated carbocycles. The average Bonchev–Trinajstić information content (AvgIpc) is 2.92. The van der Waals surface area contributed by atoms with Gasteiger partial charge in [-0.2, -0.15) is 0 Å². The van der Waals surface area contributed by atoms with E-state index in [4.69, 9.17) is 14.0 Å². The molecule has 0 bridgehead atoms. The maximum absolute atomic E-state index is 12.4. The molecule has 1 aromatic carbocycles. The van der Waals surface area contributed by atoms with Gasteiger partial charge in [0.05, 0.1) is 23.9 Å². The minimum atomic E-state index is -0.454. The molecule has 0 spiro atoms.